The van der Waals surface area contributed by atoms with Crippen molar-refractivity contribution >= 4 is 28.6 Å². The minimum absolute atomic E-state index is 0.0389. The van der Waals surface area contributed by atoms with E-state index in [4.69, 9.17) is 22.4 Å². The summed E-state index contributed by atoms with van der Waals surface area (Å²) < 4.78 is 16.4. The highest BCUT2D eigenvalue weighted by Crippen LogP contribution is 2.31. The maximum atomic E-state index is 15.0. The fourth-order valence-corrected chi connectivity index (χ4v) is 4.38. The third-order valence-electron chi connectivity index (χ3n) is 6.07. The second-order valence-electron chi connectivity index (χ2n) is 9.18. The van der Waals surface area contributed by atoms with Gasteiger partial charge in [0.1, 0.15) is 5.65 Å². The molecule has 0 fully saturated rings. The number of aromatic nitrogens is 3. The lowest BCUT2D eigenvalue weighted by Crippen LogP contribution is -2.20. The summed E-state index contributed by atoms with van der Waals surface area (Å²) in [6.07, 6.45) is 4.16. The summed E-state index contributed by atoms with van der Waals surface area (Å²) in [5, 5.41) is 12.5. The fraction of sp³-hybridized carbons (Fsp3) is 0.296. The molecule has 2 aromatic carbocycles. The molecule has 2 aromatic heterocycles. The van der Waals surface area contributed by atoms with Crippen LogP contribution in [0.5, 0.6) is 0 Å². The van der Waals surface area contributed by atoms with E-state index in [0.29, 0.717) is 41.1 Å². The van der Waals surface area contributed by atoms with Crippen LogP contribution in [-0.2, 0) is 17.8 Å². The molecule has 0 unspecified atom stereocenters. The molecule has 5 N–H and O–H groups in total. The summed E-state index contributed by atoms with van der Waals surface area (Å²) >= 11 is 6.19. The van der Waals surface area contributed by atoms with E-state index in [1.807, 2.05) is 19.1 Å². The van der Waals surface area contributed by atoms with Crippen LogP contribution in [0.3, 0.4) is 0 Å². The zero-order valence-electron chi connectivity index (χ0n) is 20.4. The van der Waals surface area contributed by atoms with E-state index in [-0.39, 0.29) is 17.5 Å². The van der Waals surface area contributed by atoms with Gasteiger partial charge in [0, 0.05) is 36.3 Å². The molecular weight excluding hydrogens is 497 g/mol. The van der Waals surface area contributed by atoms with Crippen LogP contribution in [0.2, 0.25) is 5.02 Å². The maximum absolute atomic E-state index is 15.0. The van der Waals surface area contributed by atoms with Crippen molar-refractivity contribution in [3.8, 4) is 16.9 Å². The molecule has 0 spiro atoms. The SMILES string of the molecule is C[C@H](N)CCCc1cc(Cl)c(F)c(-c2cc3cn(-c4ccc(CNCCC(=O)O)cc4)c(=O)nc3[nH]2)c1. The van der Waals surface area contributed by atoms with Crippen LogP contribution < -0.4 is 16.7 Å². The minimum atomic E-state index is -0.853. The summed E-state index contributed by atoms with van der Waals surface area (Å²) in [6.45, 7) is 2.84. The third-order valence-corrected chi connectivity index (χ3v) is 6.35. The first-order valence-corrected chi connectivity index (χ1v) is 12.5. The first kappa shape index (κ1) is 26.5. The van der Waals surface area contributed by atoms with E-state index in [1.54, 1.807) is 36.5 Å². The van der Waals surface area contributed by atoms with Gasteiger partial charge in [-0.25, -0.2) is 9.18 Å². The van der Waals surface area contributed by atoms with E-state index in [2.05, 4.69) is 15.3 Å². The Bertz CT molecular complexity index is 1460. The smallest absolute Gasteiger partial charge is 0.354 e. The molecule has 0 aliphatic carbocycles. The van der Waals surface area contributed by atoms with Gasteiger partial charge in [0.25, 0.3) is 0 Å². The first-order chi connectivity index (χ1) is 17.7. The molecule has 1 atom stereocenters. The zero-order valence-corrected chi connectivity index (χ0v) is 21.2. The molecule has 2 heterocycles. The van der Waals surface area contributed by atoms with Crippen molar-refractivity contribution in [2.24, 2.45) is 5.73 Å². The predicted molar refractivity (Wildman–Crippen MR) is 143 cm³/mol. The quantitative estimate of drug-likeness (QED) is 0.215. The molecule has 0 saturated heterocycles. The minimum Gasteiger partial charge on any atom is -0.481 e. The number of aryl methyl sites for hydroxylation is 1. The van der Waals surface area contributed by atoms with Gasteiger partial charge in [-0.1, -0.05) is 23.7 Å². The summed E-state index contributed by atoms with van der Waals surface area (Å²) in [6, 6.07) is 12.6. The number of nitrogens with zero attached hydrogens (tertiary/aromatic N) is 2. The monoisotopic (exact) mass is 525 g/mol. The number of carbonyl (C=O) groups is 1. The van der Waals surface area contributed by atoms with Crippen LogP contribution >= 0.6 is 11.6 Å². The number of fused-ring (bicyclic) bond motifs is 1. The molecule has 0 saturated carbocycles. The number of rotatable bonds is 11. The van der Waals surface area contributed by atoms with Crippen molar-refractivity contribution < 1.29 is 14.3 Å². The predicted octanol–water partition coefficient (Wildman–Crippen LogP) is 4.41. The lowest BCUT2D eigenvalue weighted by atomic mass is 10.0. The Balaban J connectivity index is 1.58. The second kappa shape index (κ2) is 11.7. The van der Waals surface area contributed by atoms with Crippen molar-refractivity contribution in [3.63, 3.8) is 0 Å². The van der Waals surface area contributed by atoms with Crippen LogP contribution in [-0.4, -0.2) is 38.2 Å². The molecule has 0 amide bonds. The molecule has 4 rings (SSSR count). The third kappa shape index (κ3) is 6.62. The molecule has 0 radical (unpaired) electrons. The van der Waals surface area contributed by atoms with E-state index in [1.165, 1.54) is 4.57 Å². The number of aromatic amines is 1. The van der Waals surface area contributed by atoms with Crippen molar-refractivity contribution in [2.75, 3.05) is 6.54 Å². The molecule has 0 aliphatic heterocycles. The van der Waals surface area contributed by atoms with Gasteiger partial charge in [-0.3, -0.25) is 9.36 Å². The summed E-state index contributed by atoms with van der Waals surface area (Å²) in [5.74, 6) is -1.39. The standard InChI is InChI=1S/C27H29ClFN5O3/c1-16(30)3-2-4-18-11-21(25(29)22(28)12-18)23-13-19-15-34(27(37)33-26(19)32-23)20-7-5-17(6-8-20)14-31-10-9-24(35)36/h5-8,11-13,15-16,31H,2-4,9-10,14,30H2,1H3,(H,35,36)(H,32,33,37)/t16-/m0/s1. The number of H-pyrrole nitrogens is 1. The van der Waals surface area contributed by atoms with Gasteiger partial charge in [-0.05, 0) is 67.6 Å². The first-order valence-electron chi connectivity index (χ1n) is 12.1. The second-order valence-corrected chi connectivity index (χ2v) is 9.58. The van der Waals surface area contributed by atoms with Gasteiger partial charge >= 0.3 is 11.7 Å². The van der Waals surface area contributed by atoms with E-state index >= 15 is 0 Å². The van der Waals surface area contributed by atoms with Crippen molar-refractivity contribution in [3.05, 3.63) is 81.1 Å². The maximum Gasteiger partial charge on any atom is 0.354 e. The highest BCUT2D eigenvalue weighted by molar-refractivity contribution is 6.31. The van der Waals surface area contributed by atoms with Gasteiger partial charge in [0.2, 0.25) is 0 Å². The van der Waals surface area contributed by atoms with Gasteiger partial charge in [-0.2, -0.15) is 4.98 Å². The molecule has 8 nitrogen and oxygen atoms in total. The normalized spacial score (nSPS) is 12.2. The summed E-state index contributed by atoms with van der Waals surface area (Å²) in [4.78, 5) is 30.6. The Labute approximate surface area is 218 Å². The summed E-state index contributed by atoms with van der Waals surface area (Å²) in [7, 11) is 0. The molecule has 0 bridgehead atoms. The molecule has 37 heavy (non-hydrogen) atoms. The topological polar surface area (TPSA) is 126 Å². The van der Waals surface area contributed by atoms with Crippen LogP contribution in [0.4, 0.5) is 4.39 Å². The van der Waals surface area contributed by atoms with Crippen LogP contribution in [0.15, 0.2) is 53.5 Å². The number of hydrogen-bond acceptors (Lipinski definition) is 5. The number of benzene rings is 2. The van der Waals surface area contributed by atoms with Gasteiger partial charge in [0.15, 0.2) is 5.82 Å². The number of nitrogens with two attached hydrogens (primary N) is 1. The van der Waals surface area contributed by atoms with Crippen molar-refractivity contribution in [1.82, 2.24) is 19.9 Å². The highest BCUT2D eigenvalue weighted by atomic mass is 35.5. The number of nitrogens with one attached hydrogen (secondary N) is 2. The Morgan fingerprint density at radius 3 is 2.70 bits per heavy atom. The van der Waals surface area contributed by atoms with Crippen molar-refractivity contribution in [2.45, 2.75) is 45.2 Å². The van der Waals surface area contributed by atoms with Gasteiger partial charge < -0.3 is 21.1 Å². The molecule has 10 heteroatoms. The van der Waals surface area contributed by atoms with E-state index < -0.39 is 17.5 Å². The van der Waals surface area contributed by atoms with Crippen molar-refractivity contribution in [1.29, 1.82) is 0 Å². The van der Waals surface area contributed by atoms with E-state index in [9.17, 15) is 14.0 Å². The largest absolute Gasteiger partial charge is 0.481 e. The van der Waals surface area contributed by atoms with Gasteiger partial charge in [-0.15, -0.1) is 0 Å². The lowest BCUT2D eigenvalue weighted by molar-refractivity contribution is -0.136. The number of aliphatic carboxylic acids is 1. The van der Waals surface area contributed by atoms with E-state index in [0.717, 1.165) is 30.4 Å². The Morgan fingerprint density at radius 1 is 1.24 bits per heavy atom. The van der Waals surface area contributed by atoms with Crippen LogP contribution in [0, 0.1) is 5.82 Å². The number of halogens is 2. The highest BCUT2D eigenvalue weighted by Gasteiger charge is 2.15. The molecule has 194 valence electrons. The van der Waals surface area contributed by atoms with Crippen LogP contribution in [0.25, 0.3) is 28.0 Å². The molecule has 0 aliphatic rings. The number of carboxylic acid groups (broad SMARTS) is 1. The Kier molecular flexibility index (Phi) is 8.38. The Hall–Kier alpha value is -3.53. The summed E-state index contributed by atoms with van der Waals surface area (Å²) in [5.41, 5.74) is 9.00. The van der Waals surface area contributed by atoms with Gasteiger partial charge in [0.05, 0.1) is 22.8 Å². The molecular formula is C27H29ClFN5O3. The fourth-order valence-electron chi connectivity index (χ4n) is 4.14. The average Bonchev–Trinajstić information content (AvgIpc) is 3.26. The zero-order chi connectivity index (χ0) is 26.5. The Morgan fingerprint density at radius 2 is 2.00 bits per heavy atom. The number of carboxylic acids is 1. The number of hydrogen-bond donors (Lipinski definition) is 4. The average molecular weight is 526 g/mol. The lowest BCUT2D eigenvalue weighted by Gasteiger charge is -2.09. The van der Waals surface area contributed by atoms with Crippen LogP contribution in [0.1, 0.15) is 37.3 Å². The molecule has 4 aromatic rings.